The number of carbonyl (C=O) groups is 2. The van der Waals surface area contributed by atoms with Crippen LogP contribution in [-0.4, -0.2) is 70.3 Å². The Bertz CT molecular complexity index is 8910. The van der Waals surface area contributed by atoms with Crippen molar-refractivity contribution in [3.63, 3.8) is 0 Å². The number of amides is 2. The van der Waals surface area contributed by atoms with Crippen LogP contribution in [0.1, 0.15) is 57.2 Å². The average molecular weight is 3580 g/mol. The molecule has 6 nitrogen and oxygen atoms in total. The van der Waals surface area contributed by atoms with Crippen molar-refractivity contribution < 1.29 is 9.59 Å². The van der Waals surface area contributed by atoms with Crippen molar-refractivity contribution in [3.05, 3.63) is 64.9 Å². The Balaban J connectivity index is 0.00000103. The summed E-state index contributed by atoms with van der Waals surface area (Å²) in [6, 6.07) is 12.4. The lowest BCUT2D eigenvalue weighted by Crippen LogP contribution is -2.58. The maximum Gasteiger partial charge on any atom is 0.223 e. The van der Waals surface area contributed by atoms with Gasteiger partial charge in [-0.25, -0.2) is 0 Å². The Kier molecular flexibility index (Phi) is 130. The Morgan fingerprint density at radius 3 is 0.710 bits per heavy atom. The van der Waals surface area contributed by atoms with Crippen LogP contribution in [-0.2, 0) is 867 Å². The highest BCUT2D eigenvalue weighted by Gasteiger charge is 2.37. The molecule has 2 amide bonds. The van der Waals surface area contributed by atoms with E-state index in [1.54, 1.807) is 120 Å². The van der Waals surface area contributed by atoms with Gasteiger partial charge in [-0.1, -0.05) is 43.6 Å². The quantitative estimate of drug-likeness (QED) is 0.428. The summed E-state index contributed by atoms with van der Waals surface area (Å²) in [7, 11) is 170. The number of carbonyl (C=O) groups excluding carboxylic acids is 2. The number of hydrogen-bond donors (Lipinski definition) is 0. The molecule has 0 N–H and O–H groups in total. The average Bonchev–Trinajstić information content (AvgIpc) is 0.789. The Morgan fingerprint density at radius 2 is 0.527 bits per heavy atom. The molecule has 0 spiro atoms. The predicted octanol–water partition coefficient (Wildman–Crippen LogP) is 4.41. The summed E-state index contributed by atoms with van der Waals surface area (Å²) in [5.74, 6) is 1.10. The van der Waals surface area contributed by atoms with Gasteiger partial charge in [0.2, 0.25) is 11.8 Å². The monoisotopic (exact) mass is 3570 g/mol. The molecule has 2 saturated heterocycles. The largest absolute Gasteiger partial charge is 0.343 e. The smallest absolute Gasteiger partial charge is 0.223 e. The molecule has 2 fully saturated rings. The first-order valence-corrected chi connectivity index (χ1v) is 156. The highest BCUT2D eigenvalue weighted by molar-refractivity contribution is 8.87. The minimum atomic E-state index is 0.0652. The van der Waals surface area contributed by atoms with E-state index in [1.807, 2.05) is 740 Å². The van der Waals surface area contributed by atoms with Crippen LogP contribution in [0.4, 0.5) is 0 Å². The van der Waals surface area contributed by atoms with Crippen molar-refractivity contribution in [3.8, 4) is 0 Å². The number of likely N-dealkylation sites (tertiary alicyclic amines) is 1. The zero-order valence-corrected chi connectivity index (χ0v) is 139. The first-order valence-electron chi connectivity index (χ1n) is 28.6. The fourth-order valence-corrected chi connectivity index (χ4v) is 259. The van der Waals surface area contributed by atoms with E-state index in [-0.39, 0.29) is 23.9 Å². The number of rotatable bonds is 6. The number of aromatic nitrogens is 1. The van der Waals surface area contributed by atoms with Gasteiger partial charge >= 0.3 is 0 Å². The van der Waals surface area contributed by atoms with Crippen molar-refractivity contribution in [2.45, 2.75) is 52.1 Å². The normalized spacial score (nSPS) is 11.3. The molecule has 3 heterocycles. The molecule has 131 heavy (non-hydrogen) atoms. The lowest BCUT2D eigenvalue weighted by molar-refractivity contribution is -0.139. The number of benzene rings is 1. The van der Waals surface area contributed by atoms with Crippen LogP contribution in [0.2, 0.25) is 5.02 Å². The molecule has 1 aromatic heterocycles. The van der Waals surface area contributed by atoms with Crippen LogP contribution >= 0.6 is 11.6 Å². The second-order valence-electron chi connectivity index (χ2n) is 16.7. The molecule has 0 radical (unpaired) electrons. The first-order chi connectivity index (χ1) is 64.7. The van der Waals surface area contributed by atoms with Crippen LogP contribution in [0.15, 0.2) is 48.8 Å². The van der Waals surface area contributed by atoms with E-state index in [2.05, 4.69) is 46.8 Å². The summed E-state index contributed by atoms with van der Waals surface area (Å²) in [4.78, 5) is 36.0. The van der Waals surface area contributed by atoms with Gasteiger partial charge in [0.05, 0.1) is 6.04 Å². The zero-order chi connectivity index (χ0) is 93.4. The van der Waals surface area contributed by atoms with Crippen molar-refractivity contribution in [2.75, 3.05) is 32.7 Å². The van der Waals surface area contributed by atoms with E-state index < -0.39 is 0 Å². The van der Waals surface area contributed by atoms with Gasteiger partial charge in [-0.2, -0.15) is 0 Å². The number of piperidine rings is 1. The standard InChI is InChI=1S/C28H37ClN4O2.S96/c1-20(2)26-19-32(28(24-5-4-12-30-18-24)23-6-8-25(29)9-7-23)15-16-33(26)27(35)17-22-10-13-31(14-11-22)21(3)34;1-3-5-7-9-11-13-15-17-19-21-23-25-27-29-31-33-35-37-39-41-43-45-47-49-51-53-55-57-59-61-63-65-67-69-71-73-75-77-79-81-83-85-87-89-91-93-95-96-94-92-90-88-86-84-82-80-78-76-74-72-70-68-66-64-62-60-58-56-54-52-50-48-46-44-42-40-38-36-34-32-30-28-26-24-22-20-18-16-14-12-10-8-6-4-2/h4-9,12,18,20,22,26,28H,10-11,13-17,19H2,1-3H3;/t26-,28?;/m1./s1. The number of halogens is 1. The van der Waals surface area contributed by atoms with Crippen molar-refractivity contribution >= 4 is 881 Å². The molecule has 2 aromatic rings. The molecule has 2 aliphatic rings. The summed E-state index contributed by atoms with van der Waals surface area (Å²) in [6.45, 7) is 9.92. The van der Waals surface area contributed by atoms with E-state index in [0.29, 0.717) is 18.3 Å². The van der Waals surface area contributed by atoms with Crippen LogP contribution in [0.25, 0.3) is 0 Å². The van der Waals surface area contributed by atoms with Crippen molar-refractivity contribution in [1.29, 1.82) is 0 Å². The number of pyridine rings is 1. The predicted molar refractivity (Wildman–Crippen MR) is 846 cm³/mol. The molecule has 103 heteroatoms. The van der Waals surface area contributed by atoms with E-state index in [1.165, 1.54) is 23.3 Å². The first kappa shape index (κ1) is 144. The molecule has 0 bridgehead atoms. The second-order valence-corrected chi connectivity index (χ2v) is 183. The van der Waals surface area contributed by atoms with E-state index in [4.69, 9.17) is 34.0 Å². The third-order valence-corrected chi connectivity index (χ3v) is 217. The minimum absolute atomic E-state index is 0.0652. The number of hydrogen-bond acceptors (Lipinski definition) is 6. The third-order valence-electron chi connectivity index (χ3n) is 10.2. The van der Waals surface area contributed by atoms with Gasteiger partial charge in [0.15, 0.2) is 0 Å². The molecule has 2 atom stereocenters. The summed E-state index contributed by atoms with van der Waals surface area (Å²) < 4.78 is 0. The van der Waals surface area contributed by atoms with Gasteiger partial charge < -0.3 is 9.80 Å². The van der Waals surface area contributed by atoms with Gasteiger partial charge in [0.25, 0.3) is 0 Å². The van der Waals surface area contributed by atoms with Gasteiger partial charge in [-0.3, -0.25) is 19.5 Å². The molecule has 1 unspecified atom stereocenters. The van der Waals surface area contributed by atoms with E-state index in [0.717, 1.165) is 56.2 Å². The lowest BCUT2D eigenvalue weighted by atomic mass is 9.90. The molecular weight excluding hydrogens is 3540 g/mol. The summed E-state index contributed by atoms with van der Waals surface area (Å²) >= 11 is 15.8. The Morgan fingerprint density at radius 1 is 0.313 bits per heavy atom. The lowest BCUT2D eigenvalue weighted by Gasteiger charge is -2.46. The fourth-order valence-electron chi connectivity index (χ4n) is 6.60. The topological polar surface area (TPSA) is 56.8 Å². The van der Waals surface area contributed by atoms with Crippen LogP contribution < -0.4 is 0 Å². The molecule has 2 aliphatic heterocycles. The Hall–Kier alpha value is 18.7. The zero-order valence-electron chi connectivity index (χ0n) is 60.3. The molecule has 1 aromatic carbocycles. The summed E-state index contributed by atoms with van der Waals surface area (Å²) in [6.07, 6.45) is 6.15. The second kappa shape index (κ2) is 118. The SMILES string of the molecule is CC(=O)N1CCC(CC(=O)N2CCN(C(c3ccc(Cl)cc3)c3cccnc3)C[C@@H]2C(C)C)CC1.S=S=S=S=S=S=S=S=S=S=S=S=S=S=S=S=S=S=S=S=S=S=S=S=S=S=S=S=S=S=S=S=S=S=S=S=S=S=S=S=S=S=S=S=S=S=S=S=S=S=S=S=S=S=S=S=S=S=S=S=S=S=S=S=S=S=S=S=S=S=S=S=S=S=S=S=S=S=S=S=S=S=S=S=S=S=S=S=S=S=S=S=S=S=S=S. The van der Waals surface area contributed by atoms with E-state index in [9.17, 15) is 9.59 Å². The molecule has 4 rings (SSSR count). The molecule has 0 aliphatic carbocycles. The highest BCUT2D eigenvalue weighted by atomic mass is 35.5. The fraction of sp³-hybridized carbons (Fsp3) is 0.536. The van der Waals surface area contributed by atoms with Crippen LogP contribution in [0.5, 0.6) is 0 Å². The van der Waals surface area contributed by atoms with Gasteiger partial charge in [-0.05, 0) is 54.0 Å². The van der Waals surface area contributed by atoms with Gasteiger partial charge in [0.1, 0.15) is 0 Å². The molecule has 0 saturated carbocycles. The van der Waals surface area contributed by atoms with Crippen LogP contribution in [0, 0.1) is 11.8 Å². The van der Waals surface area contributed by atoms with Gasteiger partial charge in [-0.15, -0.1) is 0 Å². The third kappa shape index (κ3) is 98.0. The highest BCUT2D eigenvalue weighted by Crippen LogP contribution is 2.33. The van der Waals surface area contributed by atoms with Crippen molar-refractivity contribution in [1.82, 2.24) is 19.7 Å². The number of piperazine rings is 1. The van der Waals surface area contributed by atoms with Crippen molar-refractivity contribution in [2.24, 2.45) is 11.8 Å². The number of nitrogens with zero attached hydrogens (tertiary/aromatic N) is 4. The maximum absolute atomic E-state index is 13.5. The van der Waals surface area contributed by atoms with Crippen LogP contribution in [0.3, 0.4) is 0 Å². The maximum atomic E-state index is 13.5. The minimum Gasteiger partial charge on any atom is -0.343 e. The molecule has 764 valence electrons. The van der Waals surface area contributed by atoms with Gasteiger partial charge in [0, 0.05) is 927 Å². The molecular formula is C28H37ClN4O2S96. The summed E-state index contributed by atoms with van der Waals surface area (Å²) in [5, 5.41) is 0.725. The Labute approximate surface area is 1040 Å². The van der Waals surface area contributed by atoms with E-state index >= 15 is 0 Å². The summed E-state index contributed by atoms with van der Waals surface area (Å²) in [5.41, 5.74) is 2.33.